The van der Waals surface area contributed by atoms with Crippen molar-refractivity contribution in [2.75, 3.05) is 29.6 Å². The predicted octanol–water partition coefficient (Wildman–Crippen LogP) is 0.214. The summed E-state index contributed by atoms with van der Waals surface area (Å²) in [4.78, 5) is 11.2. The molecule has 0 aliphatic heterocycles. The lowest BCUT2D eigenvalue weighted by Gasteiger charge is -2.10. The van der Waals surface area contributed by atoms with Crippen LogP contribution in [-0.2, 0) is 9.84 Å². The number of nitrogens with two attached hydrogens (primary N) is 2. The van der Waals surface area contributed by atoms with E-state index in [9.17, 15) is 13.2 Å². The first-order valence-electron chi connectivity index (χ1n) is 5.40. The quantitative estimate of drug-likeness (QED) is 0.505. The summed E-state index contributed by atoms with van der Waals surface area (Å²) in [5, 5.41) is 2.97. The standard InChI is InChI=1S/C11H17N3O3S/c1-18(16,17)6-2-5-14-10-4-3-8(12)7-9(10)11(13)15/h3-4,7,14H,2,5-6,12H2,1H3,(H2,13,15). The van der Waals surface area contributed by atoms with Gasteiger partial charge in [-0.3, -0.25) is 4.79 Å². The predicted molar refractivity (Wildman–Crippen MR) is 72.2 cm³/mol. The Bertz CT molecular complexity index is 540. The molecule has 5 N–H and O–H groups in total. The summed E-state index contributed by atoms with van der Waals surface area (Å²) >= 11 is 0. The number of rotatable bonds is 6. The van der Waals surface area contributed by atoms with E-state index in [1.54, 1.807) is 12.1 Å². The highest BCUT2D eigenvalue weighted by Gasteiger charge is 2.08. The number of carbonyl (C=O) groups is 1. The molecule has 6 nitrogen and oxygen atoms in total. The average molecular weight is 271 g/mol. The zero-order valence-corrected chi connectivity index (χ0v) is 11.0. The molecule has 0 fully saturated rings. The second-order valence-electron chi connectivity index (χ2n) is 4.08. The Morgan fingerprint density at radius 3 is 2.61 bits per heavy atom. The Labute approximate surface area is 106 Å². The molecule has 0 aliphatic carbocycles. The highest BCUT2D eigenvalue weighted by Crippen LogP contribution is 2.18. The molecule has 0 spiro atoms. The van der Waals surface area contributed by atoms with E-state index in [0.717, 1.165) is 0 Å². The molecule has 1 amide bonds. The molecule has 0 unspecified atom stereocenters. The van der Waals surface area contributed by atoms with Gasteiger partial charge in [-0.1, -0.05) is 0 Å². The fraction of sp³-hybridized carbons (Fsp3) is 0.364. The number of sulfone groups is 1. The van der Waals surface area contributed by atoms with E-state index < -0.39 is 15.7 Å². The monoisotopic (exact) mass is 271 g/mol. The molecule has 1 rings (SSSR count). The molecule has 1 aromatic carbocycles. The molecule has 18 heavy (non-hydrogen) atoms. The van der Waals surface area contributed by atoms with Crippen LogP contribution in [0, 0.1) is 0 Å². The second kappa shape index (κ2) is 5.72. The van der Waals surface area contributed by atoms with Crippen molar-refractivity contribution in [3.8, 4) is 0 Å². The lowest BCUT2D eigenvalue weighted by atomic mass is 10.1. The number of hydrogen-bond donors (Lipinski definition) is 3. The van der Waals surface area contributed by atoms with Crippen LogP contribution < -0.4 is 16.8 Å². The van der Waals surface area contributed by atoms with E-state index in [1.165, 1.54) is 12.3 Å². The number of carbonyl (C=O) groups excluding carboxylic acids is 1. The SMILES string of the molecule is CS(=O)(=O)CCCNc1ccc(N)cc1C(N)=O. The smallest absolute Gasteiger partial charge is 0.250 e. The second-order valence-corrected chi connectivity index (χ2v) is 6.34. The summed E-state index contributed by atoms with van der Waals surface area (Å²) in [7, 11) is -2.96. The minimum atomic E-state index is -2.96. The Balaban J connectivity index is 2.65. The fourth-order valence-electron chi connectivity index (χ4n) is 1.48. The maximum absolute atomic E-state index is 11.2. The van der Waals surface area contributed by atoms with Gasteiger partial charge < -0.3 is 16.8 Å². The van der Waals surface area contributed by atoms with Crippen molar-refractivity contribution < 1.29 is 13.2 Å². The van der Waals surface area contributed by atoms with Crippen LogP contribution in [0.2, 0.25) is 0 Å². The van der Waals surface area contributed by atoms with Crippen LogP contribution in [0.1, 0.15) is 16.8 Å². The van der Waals surface area contributed by atoms with E-state index in [-0.39, 0.29) is 5.75 Å². The molecule has 100 valence electrons. The Morgan fingerprint density at radius 2 is 2.06 bits per heavy atom. The first kappa shape index (κ1) is 14.3. The van der Waals surface area contributed by atoms with Crippen LogP contribution >= 0.6 is 0 Å². The minimum Gasteiger partial charge on any atom is -0.399 e. The molecule has 1 aromatic rings. The lowest BCUT2D eigenvalue weighted by Crippen LogP contribution is -2.16. The summed E-state index contributed by atoms with van der Waals surface area (Å²) in [6.45, 7) is 0.442. The van der Waals surface area contributed by atoms with Crippen LogP contribution in [0.3, 0.4) is 0 Å². The van der Waals surface area contributed by atoms with Crippen LogP contribution in [0.25, 0.3) is 0 Å². The third-order valence-corrected chi connectivity index (χ3v) is 3.35. The zero-order chi connectivity index (χ0) is 13.8. The molecular weight excluding hydrogens is 254 g/mol. The number of hydrogen-bond acceptors (Lipinski definition) is 5. The minimum absolute atomic E-state index is 0.0981. The van der Waals surface area contributed by atoms with Crippen LogP contribution in [-0.4, -0.2) is 32.9 Å². The van der Waals surface area contributed by atoms with Crippen molar-refractivity contribution >= 4 is 27.1 Å². The van der Waals surface area contributed by atoms with Crippen molar-refractivity contribution in [2.45, 2.75) is 6.42 Å². The third-order valence-electron chi connectivity index (χ3n) is 2.32. The number of primary amides is 1. The van der Waals surface area contributed by atoms with Gasteiger partial charge in [-0.25, -0.2) is 8.42 Å². The number of anilines is 2. The van der Waals surface area contributed by atoms with E-state index >= 15 is 0 Å². The van der Waals surface area contributed by atoms with Gasteiger partial charge in [-0.2, -0.15) is 0 Å². The van der Waals surface area contributed by atoms with Crippen molar-refractivity contribution in [1.82, 2.24) is 0 Å². The fourth-order valence-corrected chi connectivity index (χ4v) is 2.15. The average Bonchev–Trinajstić information content (AvgIpc) is 2.24. The van der Waals surface area contributed by atoms with Gasteiger partial charge >= 0.3 is 0 Å². The molecule has 0 saturated heterocycles. The van der Waals surface area contributed by atoms with Crippen molar-refractivity contribution in [1.29, 1.82) is 0 Å². The number of benzene rings is 1. The Morgan fingerprint density at radius 1 is 1.39 bits per heavy atom. The molecule has 0 radical (unpaired) electrons. The maximum atomic E-state index is 11.2. The summed E-state index contributed by atoms with van der Waals surface area (Å²) in [5.41, 5.74) is 12.1. The molecule has 0 aromatic heterocycles. The van der Waals surface area contributed by atoms with Crippen molar-refractivity contribution in [2.24, 2.45) is 5.73 Å². The first-order valence-corrected chi connectivity index (χ1v) is 7.46. The van der Waals surface area contributed by atoms with E-state index in [4.69, 9.17) is 11.5 Å². The summed E-state index contributed by atoms with van der Waals surface area (Å²) in [6.07, 6.45) is 1.65. The summed E-state index contributed by atoms with van der Waals surface area (Å²) in [6, 6.07) is 4.78. The highest BCUT2D eigenvalue weighted by molar-refractivity contribution is 7.90. The van der Waals surface area contributed by atoms with Gasteiger partial charge in [-0.15, -0.1) is 0 Å². The largest absolute Gasteiger partial charge is 0.399 e. The third kappa shape index (κ3) is 4.62. The lowest BCUT2D eigenvalue weighted by molar-refractivity contribution is 0.100. The van der Waals surface area contributed by atoms with Gasteiger partial charge in [-0.05, 0) is 24.6 Å². The van der Waals surface area contributed by atoms with E-state index in [1.807, 2.05) is 0 Å². The molecule has 0 atom stereocenters. The van der Waals surface area contributed by atoms with Gasteiger partial charge in [0.2, 0.25) is 0 Å². The van der Waals surface area contributed by atoms with Crippen LogP contribution in [0.15, 0.2) is 18.2 Å². The molecular formula is C11H17N3O3S. The molecule has 0 bridgehead atoms. The van der Waals surface area contributed by atoms with Gasteiger partial charge in [0.25, 0.3) is 5.91 Å². The Hall–Kier alpha value is -1.76. The van der Waals surface area contributed by atoms with E-state index in [0.29, 0.717) is 29.9 Å². The topological polar surface area (TPSA) is 115 Å². The van der Waals surface area contributed by atoms with Gasteiger partial charge in [0.15, 0.2) is 0 Å². The maximum Gasteiger partial charge on any atom is 0.250 e. The van der Waals surface area contributed by atoms with Crippen LogP contribution in [0.5, 0.6) is 0 Å². The first-order chi connectivity index (χ1) is 8.29. The Kier molecular flexibility index (Phi) is 4.55. The van der Waals surface area contributed by atoms with E-state index in [2.05, 4.69) is 5.32 Å². The summed E-state index contributed by atoms with van der Waals surface area (Å²) in [5.74, 6) is -0.478. The van der Waals surface area contributed by atoms with Crippen molar-refractivity contribution in [3.63, 3.8) is 0 Å². The van der Waals surface area contributed by atoms with Crippen LogP contribution in [0.4, 0.5) is 11.4 Å². The van der Waals surface area contributed by atoms with Crippen molar-refractivity contribution in [3.05, 3.63) is 23.8 Å². The van der Waals surface area contributed by atoms with Gasteiger partial charge in [0.1, 0.15) is 9.84 Å². The number of nitrogens with one attached hydrogen (secondary N) is 1. The summed E-state index contributed by atoms with van der Waals surface area (Å²) < 4.78 is 21.9. The molecule has 0 saturated carbocycles. The van der Waals surface area contributed by atoms with Gasteiger partial charge in [0.05, 0.1) is 11.3 Å². The molecule has 7 heteroatoms. The molecule has 0 heterocycles. The number of nitrogen functional groups attached to an aromatic ring is 1. The van der Waals surface area contributed by atoms with Gasteiger partial charge in [0, 0.05) is 24.2 Å². The zero-order valence-electron chi connectivity index (χ0n) is 10.1. The number of amides is 1. The molecule has 0 aliphatic rings. The normalized spacial score (nSPS) is 11.2. The highest BCUT2D eigenvalue weighted by atomic mass is 32.2.